The molecule has 5 heteroatoms. The average Bonchev–Trinajstić information content (AvgIpc) is 3.90. The molecule has 0 bridgehead atoms. The summed E-state index contributed by atoms with van der Waals surface area (Å²) in [4.78, 5) is 15.4. The molecule has 3 heterocycles. The molecule has 0 amide bonds. The first kappa shape index (κ1) is 35.5. The van der Waals surface area contributed by atoms with Crippen molar-refractivity contribution < 1.29 is 4.42 Å². The van der Waals surface area contributed by atoms with Crippen molar-refractivity contribution in [2.24, 2.45) is 0 Å². The lowest BCUT2D eigenvalue weighted by atomic mass is 9.99. The number of hydrogen-bond donors (Lipinski definition) is 0. The summed E-state index contributed by atoms with van der Waals surface area (Å²) in [6.07, 6.45) is 0. The van der Waals surface area contributed by atoms with E-state index in [0.717, 1.165) is 66.6 Å². The van der Waals surface area contributed by atoms with Crippen LogP contribution in [0.1, 0.15) is 0 Å². The maximum absolute atomic E-state index is 6.30. The smallest absolute Gasteiger partial charge is 0.164 e. The Balaban J connectivity index is 0.973. The molecule has 12 rings (SSSR count). The second-order valence-electron chi connectivity index (χ2n) is 15.6. The van der Waals surface area contributed by atoms with Gasteiger partial charge in [0.2, 0.25) is 0 Å². The second kappa shape index (κ2) is 14.7. The zero-order valence-corrected chi connectivity index (χ0v) is 33.5. The molecule has 0 aliphatic carbocycles. The Bertz CT molecular complexity index is 3630. The molecular weight excluding hydrogens is 757 g/mol. The van der Waals surface area contributed by atoms with E-state index < -0.39 is 0 Å². The van der Waals surface area contributed by atoms with E-state index in [4.69, 9.17) is 19.4 Å². The van der Waals surface area contributed by atoms with Gasteiger partial charge in [-0.05, 0) is 81.9 Å². The Morgan fingerprint density at radius 3 is 1.61 bits per heavy atom. The van der Waals surface area contributed by atoms with Gasteiger partial charge in [-0.3, -0.25) is 0 Å². The van der Waals surface area contributed by atoms with Crippen LogP contribution >= 0.6 is 0 Å². The molecule has 0 atom stereocenters. The summed E-state index contributed by atoms with van der Waals surface area (Å²) in [5.74, 6) is 1.77. The highest BCUT2D eigenvalue weighted by Gasteiger charge is 2.18. The van der Waals surface area contributed by atoms with Gasteiger partial charge >= 0.3 is 0 Å². The molecule has 62 heavy (non-hydrogen) atoms. The highest BCUT2D eigenvalue weighted by molar-refractivity contribution is 6.15. The minimum atomic E-state index is 0.577. The van der Waals surface area contributed by atoms with Crippen molar-refractivity contribution in [2.75, 3.05) is 0 Å². The molecule has 0 radical (unpaired) electrons. The van der Waals surface area contributed by atoms with E-state index in [9.17, 15) is 0 Å². The molecule has 0 saturated carbocycles. The van der Waals surface area contributed by atoms with Gasteiger partial charge in [0.1, 0.15) is 11.2 Å². The van der Waals surface area contributed by atoms with Crippen LogP contribution in [0.2, 0.25) is 0 Å². The largest absolute Gasteiger partial charge is 0.456 e. The van der Waals surface area contributed by atoms with Gasteiger partial charge in [-0.15, -0.1) is 0 Å². The van der Waals surface area contributed by atoms with Gasteiger partial charge in [0.25, 0.3) is 0 Å². The summed E-state index contributed by atoms with van der Waals surface area (Å²) in [5, 5.41) is 4.62. The fourth-order valence-corrected chi connectivity index (χ4v) is 8.89. The third-order valence-electron chi connectivity index (χ3n) is 11.9. The number of hydrogen-bond acceptors (Lipinski definition) is 4. The highest BCUT2D eigenvalue weighted by Crippen LogP contribution is 2.40. The van der Waals surface area contributed by atoms with Gasteiger partial charge in [0.15, 0.2) is 17.5 Å². The second-order valence-corrected chi connectivity index (χ2v) is 15.6. The lowest BCUT2D eigenvalue weighted by molar-refractivity contribution is 0.669. The molecule has 0 aliphatic rings. The van der Waals surface area contributed by atoms with Crippen LogP contribution < -0.4 is 0 Å². The van der Waals surface area contributed by atoms with Gasteiger partial charge in [0.05, 0.1) is 11.0 Å². The van der Waals surface area contributed by atoms with E-state index >= 15 is 0 Å². The van der Waals surface area contributed by atoms with E-state index in [1.165, 1.54) is 32.9 Å². The van der Waals surface area contributed by atoms with Crippen molar-refractivity contribution in [1.82, 2.24) is 19.5 Å². The van der Waals surface area contributed by atoms with Crippen molar-refractivity contribution >= 4 is 43.7 Å². The van der Waals surface area contributed by atoms with Gasteiger partial charge in [-0.2, -0.15) is 0 Å². The molecule has 290 valence electrons. The molecule has 3 aromatic heterocycles. The fraction of sp³-hybridized carbons (Fsp3) is 0. The van der Waals surface area contributed by atoms with E-state index in [0.29, 0.717) is 17.5 Å². The summed E-state index contributed by atoms with van der Waals surface area (Å²) in [6, 6.07) is 76.4. The predicted octanol–water partition coefficient (Wildman–Crippen LogP) is 14.9. The Kier molecular flexibility index (Phi) is 8.42. The SMILES string of the molecule is c1ccc(-c2ccc(-c3nc(-c4cccc(-c5cccc(-n6c7ccccc7c7c(-c8ccccc8)cccc76)c5)c4)nc(-c4ccc5c(c4)oc4ccccc45)n3)cc2)cc1. The summed E-state index contributed by atoms with van der Waals surface area (Å²) in [6.45, 7) is 0. The molecule has 5 nitrogen and oxygen atoms in total. The topological polar surface area (TPSA) is 56.7 Å². The van der Waals surface area contributed by atoms with Crippen molar-refractivity contribution in [3.63, 3.8) is 0 Å². The first-order valence-corrected chi connectivity index (χ1v) is 20.8. The van der Waals surface area contributed by atoms with Gasteiger partial charge in [0, 0.05) is 43.9 Å². The Hall–Kier alpha value is -8.41. The van der Waals surface area contributed by atoms with Crippen LogP contribution in [0.5, 0.6) is 0 Å². The number of benzene rings is 9. The van der Waals surface area contributed by atoms with E-state index in [2.05, 4.69) is 193 Å². The maximum atomic E-state index is 6.30. The van der Waals surface area contributed by atoms with Crippen LogP contribution in [-0.2, 0) is 0 Å². The van der Waals surface area contributed by atoms with E-state index in [-0.39, 0.29) is 0 Å². The molecule has 0 fully saturated rings. The van der Waals surface area contributed by atoms with Crippen LogP contribution in [-0.4, -0.2) is 19.5 Å². The lowest BCUT2D eigenvalue weighted by Crippen LogP contribution is -2.00. The number of rotatable bonds is 7. The van der Waals surface area contributed by atoms with Crippen molar-refractivity contribution in [1.29, 1.82) is 0 Å². The number of nitrogens with zero attached hydrogens (tertiary/aromatic N) is 4. The molecule has 0 N–H and O–H groups in total. The molecule has 9 aromatic carbocycles. The third-order valence-corrected chi connectivity index (χ3v) is 11.9. The lowest BCUT2D eigenvalue weighted by Gasteiger charge is -2.12. The maximum Gasteiger partial charge on any atom is 0.164 e. The number of para-hydroxylation sites is 2. The van der Waals surface area contributed by atoms with Crippen LogP contribution in [0.15, 0.2) is 223 Å². The van der Waals surface area contributed by atoms with Gasteiger partial charge in [-0.1, -0.05) is 170 Å². The summed E-state index contributed by atoms with van der Waals surface area (Å²) in [7, 11) is 0. The molecule has 0 saturated heterocycles. The first-order valence-electron chi connectivity index (χ1n) is 20.8. The summed E-state index contributed by atoms with van der Waals surface area (Å²) < 4.78 is 8.69. The van der Waals surface area contributed by atoms with E-state index in [1.54, 1.807) is 0 Å². The zero-order valence-electron chi connectivity index (χ0n) is 33.5. The summed E-state index contributed by atoms with van der Waals surface area (Å²) in [5.41, 5.74) is 14.6. The standard InChI is InChI=1S/C57H36N4O/c1-3-14-37(15-4-1)38-28-30-40(31-29-38)55-58-56(60-57(59-55)44-32-33-48-47-22-8-10-27-52(47)62-53(48)36-44)43-20-11-18-41(34-43)42-19-12-21-45(35-42)61-50-25-9-7-23-49(50)54-46(24-13-26-51(54)61)39-16-5-2-6-17-39/h1-36H. The predicted molar refractivity (Wildman–Crippen MR) is 254 cm³/mol. The molecule has 0 aliphatic heterocycles. The minimum absolute atomic E-state index is 0.577. The first-order chi connectivity index (χ1) is 30.7. The normalized spacial score (nSPS) is 11.5. The molecule has 0 spiro atoms. The minimum Gasteiger partial charge on any atom is -0.456 e. The fourth-order valence-electron chi connectivity index (χ4n) is 8.89. The van der Waals surface area contributed by atoms with Crippen LogP contribution in [0.3, 0.4) is 0 Å². The molecular formula is C57H36N4O. The van der Waals surface area contributed by atoms with Gasteiger partial charge in [-0.25, -0.2) is 15.0 Å². The van der Waals surface area contributed by atoms with Gasteiger partial charge < -0.3 is 8.98 Å². The van der Waals surface area contributed by atoms with Crippen LogP contribution in [0, 0.1) is 0 Å². The Morgan fingerprint density at radius 1 is 0.306 bits per heavy atom. The highest BCUT2D eigenvalue weighted by atomic mass is 16.3. The quantitative estimate of drug-likeness (QED) is 0.161. The van der Waals surface area contributed by atoms with Crippen LogP contribution in [0.25, 0.3) is 117 Å². The van der Waals surface area contributed by atoms with Crippen molar-refractivity contribution in [3.05, 3.63) is 218 Å². The zero-order chi connectivity index (χ0) is 41.0. The molecule has 12 aromatic rings. The summed E-state index contributed by atoms with van der Waals surface area (Å²) >= 11 is 0. The molecule has 0 unspecified atom stereocenters. The van der Waals surface area contributed by atoms with E-state index in [1.807, 2.05) is 30.3 Å². The number of furan rings is 1. The van der Waals surface area contributed by atoms with Crippen molar-refractivity contribution in [3.8, 4) is 73.2 Å². The Labute approximate surface area is 357 Å². The number of fused-ring (bicyclic) bond motifs is 6. The average molecular weight is 793 g/mol. The monoisotopic (exact) mass is 792 g/mol. The van der Waals surface area contributed by atoms with Crippen LogP contribution in [0.4, 0.5) is 0 Å². The number of aromatic nitrogens is 4. The third kappa shape index (κ3) is 6.14. The Morgan fingerprint density at radius 2 is 0.823 bits per heavy atom. The van der Waals surface area contributed by atoms with Crippen molar-refractivity contribution in [2.45, 2.75) is 0 Å².